The molecule has 5 heteroatoms. The predicted octanol–water partition coefficient (Wildman–Crippen LogP) is -1.89. The molecule has 12 heavy (non-hydrogen) atoms. The highest BCUT2D eigenvalue weighted by atomic mass is 16.3. The van der Waals surface area contributed by atoms with Crippen LogP contribution in [0.4, 0.5) is 0 Å². The minimum absolute atomic E-state index is 0.168. The summed E-state index contributed by atoms with van der Waals surface area (Å²) in [6, 6.07) is 0. The molecule has 1 atom stereocenters. The molecule has 0 aromatic carbocycles. The van der Waals surface area contributed by atoms with Crippen molar-refractivity contribution in [3.8, 4) is 0 Å². The Kier molecular flexibility index (Phi) is 2.44. The van der Waals surface area contributed by atoms with Crippen LogP contribution in [0.25, 0.3) is 0 Å². The lowest BCUT2D eigenvalue weighted by molar-refractivity contribution is -0.135. The van der Waals surface area contributed by atoms with Gasteiger partial charge in [-0.25, -0.2) is 0 Å². The van der Waals surface area contributed by atoms with Gasteiger partial charge in [-0.3, -0.25) is 9.69 Å². The third-order valence-corrected chi connectivity index (χ3v) is 2.12. The van der Waals surface area contributed by atoms with Crippen molar-refractivity contribution in [2.24, 2.45) is 5.73 Å². The van der Waals surface area contributed by atoms with Gasteiger partial charge in [0.05, 0.1) is 6.54 Å². The van der Waals surface area contributed by atoms with Crippen molar-refractivity contribution in [3.05, 3.63) is 0 Å². The summed E-state index contributed by atoms with van der Waals surface area (Å²) in [5.74, 6) is -0.712. The van der Waals surface area contributed by atoms with Crippen LogP contribution in [0.5, 0.6) is 0 Å². The van der Waals surface area contributed by atoms with Crippen molar-refractivity contribution >= 4 is 12.2 Å². The molecule has 0 aromatic rings. The van der Waals surface area contributed by atoms with Gasteiger partial charge < -0.3 is 15.6 Å². The maximum Gasteiger partial charge on any atom is 0.250 e. The van der Waals surface area contributed by atoms with E-state index in [9.17, 15) is 14.7 Å². The Hall–Kier alpha value is -0.940. The standard InChI is InChI=1S/C7H12N2O3/c8-6(11)7(12)1-2-9(5-7)3-4-10/h4,12H,1-3,5H2,(H2,8,11). The Balaban J connectivity index is 2.54. The number of nitrogens with zero attached hydrogens (tertiary/aromatic N) is 1. The fourth-order valence-corrected chi connectivity index (χ4v) is 1.33. The Morgan fingerprint density at radius 3 is 2.83 bits per heavy atom. The van der Waals surface area contributed by atoms with Crippen LogP contribution in [0.3, 0.4) is 0 Å². The molecule has 3 N–H and O–H groups in total. The van der Waals surface area contributed by atoms with Crippen LogP contribution in [-0.4, -0.2) is 47.4 Å². The molecule has 0 aliphatic carbocycles. The van der Waals surface area contributed by atoms with Gasteiger partial charge in [-0.1, -0.05) is 0 Å². The van der Waals surface area contributed by atoms with Crippen molar-refractivity contribution in [1.82, 2.24) is 4.90 Å². The molecular weight excluding hydrogens is 160 g/mol. The lowest BCUT2D eigenvalue weighted by Gasteiger charge is -2.18. The zero-order chi connectivity index (χ0) is 9.19. The van der Waals surface area contributed by atoms with Gasteiger partial charge in [0, 0.05) is 13.1 Å². The lowest BCUT2D eigenvalue weighted by atomic mass is 10.0. The second kappa shape index (κ2) is 3.20. The average Bonchev–Trinajstić information content (AvgIpc) is 2.34. The normalized spacial score (nSPS) is 30.4. The van der Waals surface area contributed by atoms with E-state index in [-0.39, 0.29) is 13.1 Å². The van der Waals surface area contributed by atoms with E-state index >= 15 is 0 Å². The molecule has 5 nitrogen and oxygen atoms in total. The second-order valence-corrected chi connectivity index (χ2v) is 3.05. The number of hydrogen-bond acceptors (Lipinski definition) is 4. The van der Waals surface area contributed by atoms with E-state index in [2.05, 4.69) is 0 Å². The molecule has 1 rings (SSSR count). The summed E-state index contributed by atoms with van der Waals surface area (Å²) in [7, 11) is 0. The van der Waals surface area contributed by atoms with Gasteiger partial charge in [0.1, 0.15) is 6.29 Å². The largest absolute Gasteiger partial charge is 0.379 e. The van der Waals surface area contributed by atoms with Crippen molar-refractivity contribution in [2.45, 2.75) is 12.0 Å². The van der Waals surface area contributed by atoms with Crippen LogP contribution in [0.15, 0.2) is 0 Å². The number of likely N-dealkylation sites (tertiary alicyclic amines) is 1. The first-order valence-electron chi connectivity index (χ1n) is 3.77. The monoisotopic (exact) mass is 172 g/mol. The van der Waals surface area contributed by atoms with Crippen molar-refractivity contribution in [2.75, 3.05) is 19.6 Å². The van der Waals surface area contributed by atoms with E-state index < -0.39 is 11.5 Å². The second-order valence-electron chi connectivity index (χ2n) is 3.05. The highest BCUT2D eigenvalue weighted by Crippen LogP contribution is 2.19. The van der Waals surface area contributed by atoms with Crippen LogP contribution in [0.2, 0.25) is 0 Å². The summed E-state index contributed by atoms with van der Waals surface area (Å²) >= 11 is 0. The number of hydrogen-bond donors (Lipinski definition) is 2. The number of primary amides is 1. The van der Waals surface area contributed by atoms with E-state index in [0.29, 0.717) is 13.0 Å². The number of aldehydes is 1. The number of aliphatic hydroxyl groups is 1. The first-order chi connectivity index (χ1) is 5.58. The molecule has 0 bridgehead atoms. The summed E-state index contributed by atoms with van der Waals surface area (Å²) in [5.41, 5.74) is 3.56. The average molecular weight is 172 g/mol. The van der Waals surface area contributed by atoms with Gasteiger partial charge in [-0.15, -0.1) is 0 Å². The number of β-amino-alcohol motifs (C(OH)–C–C–N with tert-alkyl or cyclic N) is 1. The molecule has 0 aromatic heterocycles. The molecule has 1 fully saturated rings. The third-order valence-electron chi connectivity index (χ3n) is 2.12. The molecule has 0 saturated carbocycles. The van der Waals surface area contributed by atoms with Gasteiger partial charge in [0.2, 0.25) is 0 Å². The van der Waals surface area contributed by atoms with Crippen LogP contribution in [0.1, 0.15) is 6.42 Å². The number of amides is 1. The van der Waals surface area contributed by atoms with Crippen LogP contribution >= 0.6 is 0 Å². The molecule has 1 aliphatic heterocycles. The highest BCUT2D eigenvalue weighted by Gasteiger charge is 2.40. The smallest absolute Gasteiger partial charge is 0.250 e. The van der Waals surface area contributed by atoms with Crippen molar-refractivity contribution < 1.29 is 14.7 Å². The van der Waals surface area contributed by atoms with Gasteiger partial charge >= 0.3 is 0 Å². The van der Waals surface area contributed by atoms with E-state index in [1.165, 1.54) is 0 Å². The number of carbonyl (C=O) groups is 2. The SMILES string of the molecule is NC(=O)C1(O)CCN(CC=O)C1. The molecule has 68 valence electrons. The van der Waals surface area contributed by atoms with Crippen LogP contribution < -0.4 is 5.73 Å². The van der Waals surface area contributed by atoms with Gasteiger partial charge in [0.25, 0.3) is 5.91 Å². The Morgan fingerprint density at radius 1 is 1.75 bits per heavy atom. The van der Waals surface area contributed by atoms with Crippen LogP contribution in [-0.2, 0) is 9.59 Å². The summed E-state index contributed by atoms with van der Waals surface area (Å²) < 4.78 is 0. The number of rotatable bonds is 3. The molecular formula is C7H12N2O3. The lowest BCUT2D eigenvalue weighted by Crippen LogP contribution is -2.46. The molecule has 0 spiro atoms. The maximum absolute atomic E-state index is 10.7. The first kappa shape index (κ1) is 9.15. The zero-order valence-corrected chi connectivity index (χ0v) is 6.69. The van der Waals surface area contributed by atoms with Crippen molar-refractivity contribution in [1.29, 1.82) is 0 Å². The van der Waals surface area contributed by atoms with Gasteiger partial charge in [-0.05, 0) is 6.42 Å². The maximum atomic E-state index is 10.7. The summed E-state index contributed by atoms with van der Waals surface area (Å²) in [6.07, 6.45) is 1.06. The predicted molar refractivity (Wildman–Crippen MR) is 41.3 cm³/mol. The minimum Gasteiger partial charge on any atom is -0.379 e. The van der Waals surface area contributed by atoms with E-state index in [1.54, 1.807) is 4.90 Å². The summed E-state index contributed by atoms with van der Waals surface area (Å²) in [6.45, 7) is 0.953. The quantitative estimate of drug-likeness (QED) is 0.487. The molecule has 1 heterocycles. The van der Waals surface area contributed by atoms with Crippen molar-refractivity contribution in [3.63, 3.8) is 0 Å². The van der Waals surface area contributed by atoms with Crippen LogP contribution in [0, 0.1) is 0 Å². The van der Waals surface area contributed by atoms with E-state index in [0.717, 1.165) is 6.29 Å². The number of nitrogens with two attached hydrogens (primary N) is 1. The summed E-state index contributed by atoms with van der Waals surface area (Å²) in [4.78, 5) is 22.5. The summed E-state index contributed by atoms with van der Waals surface area (Å²) in [5, 5.41) is 9.53. The van der Waals surface area contributed by atoms with Gasteiger partial charge in [-0.2, -0.15) is 0 Å². The highest BCUT2D eigenvalue weighted by molar-refractivity contribution is 5.83. The fourth-order valence-electron chi connectivity index (χ4n) is 1.33. The topological polar surface area (TPSA) is 83.6 Å². The first-order valence-corrected chi connectivity index (χ1v) is 3.77. The third kappa shape index (κ3) is 1.62. The Labute approximate surface area is 70.1 Å². The zero-order valence-electron chi connectivity index (χ0n) is 6.69. The van der Waals surface area contributed by atoms with Gasteiger partial charge in [0.15, 0.2) is 5.60 Å². The molecule has 1 unspecified atom stereocenters. The molecule has 1 amide bonds. The minimum atomic E-state index is -1.43. The Morgan fingerprint density at radius 2 is 2.42 bits per heavy atom. The molecule has 0 radical (unpaired) electrons. The molecule has 1 aliphatic rings. The fraction of sp³-hybridized carbons (Fsp3) is 0.714. The van der Waals surface area contributed by atoms with E-state index in [4.69, 9.17) is 5.73 Å². The number of carbonyl (C=O) groups excluding carboxylic acids is 2. The molecule has 1 saturated heterocycles. The van der Waals surface area contributed by atoms with E-state index in [1.807, 2.05) is 0 Å². The Bertz CT molecular complexity index is 207.